The summed E-state index contributed by atoms with van der Waals surface area (Å²) in [6, 6.07) is 4.22. The fourth-order valence-corrected chi connectivity index (χ4v) is 2.65. The summed E-state index contributed by atoms with van der Waals surface area (Å²) in [4.78, 5) is 0. The van der Waals surface area contributed by atoms with E-state index in [2.05, 4.69) is 32.2 Å². The third kappa shape index (κ3) is 3.25. The number of benzene rings is 1. The van der Waals surface area contributed by atoms with E-state index in [1.54, 1.807) is 0 Å². The fourth-order valence-electron chi connectivity index (χ4n) is 2.65. The number of aliphatic hydroxyl groups excluding tert-OH is 1. The van der Waals surface area contributed by atoms with Crippen LogP contribution in [0.15, 0.2) is 12.1 Å². The number of hydrogen-bond donors (Lipinski definition) is 2. The van der Waals surface area contributed by atoms with Gasteiger partial charge in [0, 0.05) is 23.6 Å². The first-order valence-electron chi connectivity index (χ1n) is 7.38. The van der Waals surface area contributed by atoms with Crippen LogP contribution in [0, 0.1) is 0 Å². The van der Waals surface area contributed by atoms with E-state index >= 15 is 0 Å². The lowest BCUT2D eigenvalue weighted by Gasteiger charge is -2.23. The average molecular weight is 279 g/mol. The van der Waals surface area contributed by atoms with Crippen molar-refractivity contribution < 1.29 is 14.6 Å². The van der Waals surface area contributed by atoms with E-state index in [1.165, 1.54) is 5.56 Å². The zero-order chi connectivity index (χ0) is 14.7. The van der Waals surface area contributed by atoms with Gasteiger partial charge in [-0.25, -0.2) is 0 Å². The molecule has 0 bridgehead atoms. The maximum absolute atomic E-state index is 9.66. The summed E-state index contributed by atoms with van der Waals surface area (Å²) in [6.45, 7) is 8.81. The van der Waals surface area contributed by atoms with Crippen molar-refractivity contribution in [3.05, 3.63) is 23.3 Å². The van der Waals surface area contributed by atoms with Gasteiger partial charge in [0.1, 0.15) is 17.6 Å². The second-order valence-electron chi connectivity index (χ2n) is 5.62. The third-order valence-electron chi connectivity index (χ3n) is 3.42. The van der Waals surface area contributed by atoms with Gasteiger partial charge in [0.15, 0.2) is 0 Å². The minimum atomic E-state index is -0.138. The summed E-state index contributed by atoms with van der Waals surface area (Å²) in [7, 11) is 0. The van der Waals surface area contributed by atoms with Gasteiger partial charge in [-0.2, -0.15) is 0 Å². The van der Waals surface area contributed by atoms with E-state index in [1.807, 2.05) is 13.0 Å². The van der Waals surface area contributed by atoms with E-state index in [0.29, 0.717) is 6.61 Å². The van der Waals surface area contributed by atoms with Gasteiger partial charge in [0.25, 0.3) is 0 Å². The molecule has 2 N–H and O–H groups in total. The number of ether oxygens (including phenoxy) is 2. The summed E-state index contributed by atoms with van der Waals surface area (Å²) < 4.78 is 11.6. The Morgan fingerprint density at radius 3 is 2.80 bits per heavy atom. The Balaban J connectivity index is 2.36. The molecule has 2 unspecified atom stereocenters. The van der Waals surface area contributed by atoms with Crippen molar-refractivity contribution in [1.82, 2.24) is 5.32 Å². The molecule has 0 amide bonds. The molecule has 1 aromatic rings. The summed E-state index contributed by atoms with van der Waals surface area (Å²) >= 11 is 0. The molecule has 0 fully saturated rings. The standard InChI is InChI=1S/C16H25NO3/c1-5-19-16-7-12-6-11(4)20-15(12)8-13(16)14(9-18)17-10(2)3/h7-8,10-11,14,17-18H,5-6,9H2,1-4H3. The van der Waals surface area contributed by atoms with Gasteiger partial charge in [-0.15, -0.1) is 0 Å². The van der Waals surface area contributed by atoms with Gasteiger partial charge >= 0.3 is 0 Å². The maximum Gasteiger partial charge on any atom is 0.124 e. The molecule has 2 atom stereocenters. The quantitative estimate of drug-likeness (QED) is 0.840. The minimum Gasteiger partial charge on any atom is -0.494 e. The van der Waals surface area contributed by atoms with Crippen LogP contribution in [0.5, 0.6) is 11.5 Å². The fraction of sp³-hybridized carbons (Fsp3) is 0.625. The molecule has 1 aromatic carbocycles. The van der Waals surface area contributed by atoms with Crippen LogP contribution >= 0.6 is 0 Å². The molecule has 4 heteroatoms. The Hall–Kier alpha value is -1.26. The molecule has 4 nitrogen and oxygen atoms in total. The number of fused-ring (bicyclic) bond motifs is 1. The highest BCUT2D eigenvalue weighted by molar-refractivity contribution is 5.50. The highest BCUT2D eigenvalue weighted by atomic mass is 16.5. The van der Waals surface area contributed by atoms with Gasteiger partial charge in [0.05, 0.1) is 19.3 Å². The molecular weight excluding hydrogens is 254 g/mol. The van der Waals surface area contributed by atoms with Gasteiger partial charge < -0.3 is 19.9 Å². The molecule has 1 heterocycles. The first kappa shape index (κ1) is 15.1. The topological polar surface area (TPSA) is 50.7 Å². The minimum absolute atomic E-state index is 0.0343. The normalized spacial score (nSPS) is 18.8. The number of nitrogens with one attached hydrogen (secondary N) is 1. The molecule has 0 spiro atoms. The van der Waals surface area contributed by atoms with Gasteiger partial charge in [-0.1, -0.05) is 13.8 Å². The zero-order valence-corrected chi connectivity index (χ0v) is 12.8. The van der Waals surface area contributed by atoms with Crippen LogP contribution in [0.2, 0.25) is 0 Å². The molecule has 1 aliphatic rings. The third-order valence-corrected chi connectivity index (χ3v) is 3.42. The molecule has 1 aliphatic heterocycles. The Kier molecular flexibility index (Phi) is 4.89. The summed E-state index contributed by atoms with van der Waals surface area (Å²) in [5, 5.41) is 13.0. The maximum atomic E-state index is 9.66. The number of aliphatic hydroxyl groups is 1. The Morgan fingerprint density at radius 1 is 1.45 bits per heavy atom. The Labute approximate surface area is 121 Å². The van der Waals surface area contributed by atoms with Gasteiger partial charge in [-0.05, 0) is 26.0 Å². The molecule has 0 saturated heterocycles. The lowest BCUT2D eigenvalue weighted by atomic mass is 10.0. The van der Waals surface area contributed by atoms with Crippen LogP contribution < -0.4 is 14.8 Å². The van der Waals surface area contributed by atoms with E-state index < -0.39 is 0 Å². The molecule has 20 heavy (non-hydrogen) atoms. The second-order valence-corrected chi connectivity index (χ2v) is 5.62. The Morgan fingerprint density at radius 2 is 2.20 bits per heavy atom. The predicted octanol–water partition coefficient (Wildman–Crippen LogP) is 2.44. The lowest BCUT2D eigenvalue weighted by Crippen LogP contribution is -2.30. The first-order chi connectivity index (χ1) is 9.55. The van der Waals surface area contributed by atoms with Crippen molar-refractivity contribution in [1.29, 1.82) is 0 Å². The molecular formula is C16H25NO3. The van der Waals surface area contributed by atoms with Gasteiger partial charge in [0.2, 0.25) is 0 Å². The lowest BCUT2D eigenvalue weighted by molar-refractivity contribution is 0.230. The van der Waals surface area contributed by atoms with Crippen LogP contribution in [0.4, 0.5) is 0 Å². The molecule has 2 rings (SSSR count). The summed E-state index contributed by atoms with van der Waals surface area (Å²) in [5.74, 6) is 1.76. The predicted molar refractivity (Wildman–Crippen MR) is 79.5 cm³/mol. The largest absolute Gasteiger partial charge is 0.494 e. The Bertz CT molecular complexity index is 459. The van der Waals surface area contributed by atoms with Crippen LogP contribution in [0.1, 0.15) is 44.9 Å². The van der Waals surface area contributed by atoms with E-state index in [0.717, 1.165) is 23.5 Å². The highest BCUT2D eigenvalue weighted by Crippen LogP contribution is 2.37. The van der Waals surface area contributed by atoms with Crippen molar-refractivity contribution in [3.63, 3.8) is 0 Å². The van der Waals surface area contributed by atoms with Crippen LogP contribution in [-0.4, -0.2) is 30.5 Å². The zero-order valence-electron chi connectivity index (χ0n) is 12.8. The molecule has 0 radical (unpaired) electrons. The van der Waals surface area contributed by atoms with Crippen molar-refractivity contribution in [2.75, 3.05) is 13.2 Å². The SMILES string of the molecule is CCOc1cc2c(cc1C(CO)NC(C)C)OC(C)C2. The second kappa shape index (κ2) is 6.46. The number of rotatable bonds is 6. The van der Waals surface area contributed by atoms with E-state index in [4.69, 9.17) is 9.47 Å². The van der Waals surface area contributed by atoms with Crippen LogP contribution in [-0.2, 0) is 6.42 Å². The van der Waals surface area contributed by atoms with Crippen molar-refractivity contribution in [2.24, 2.45) is 0 Å². The van der Waals surface area contributed by atoms with Crippen molar-refractivity contribution >= 4 is 0 Å². The van der Waals surface area contributed by atoms with E-state index in [-0.39, 0.29) is 24.8 Å². The smallest absolute Gasteiger partial charge is 0.124 e. The molecule has 0 aliphatic carbocycles. The first-order valence-corrected chi connectivity index (χ1v) is 7.38. The van der Waals surface area contributed by atoms with Crippen LogP contribution in [0.25, 0.3) is 0 Å². The van der Waals surface area contributed by atoms with Crippen LogP contribution in [0.3, 0.4) is 0 Å². The summed E-state index contributed by atoms with van der Waals surface area (Å²) in [6.07, 6.45) is 1.12. The molecule has 0 aromatic heterocycles. The van der Waals surface area contributed by atoms with Gasteiger partial charge in [-0.3, -0.25) is 0 Å². The van der Waals surface area contributed by atoms with E-state index in [9.17, 15) is 5.11 Å². The van der Waals surface area contributed by atoms with Crippen molar-refractivity contribution in [3.8, 4) is 11.5 Å². The molecule has 112 valence electrons. The number of hydrogen-bond acceptors (Lipinski definition) is 4. The highest BCUT2D eigenvalue weighted by Gasteiger charge is 2.25. The van der Waals surface area contributed by atoms with Crippen molar-refractivity contribution in [2.45, 2.75) is 52.3 Å². The summed E-state index contributed by atoms with van der Waals surface area (Å²) in [5.41, 5.74) is 2.15. The molecule has 0 saturated carbocycles. The monoisotopic (exact) mass is 279 g/mol. The average Bonchev–Trinajstić information content (AvgIpc) is 2.74.